The van der Waals surface area contributed by atoms with Gasteiger partial charge in [0.2, 0.25) is 5.71 Å². The second-order valence-corrected chi connectivity index (χ2v) is 6.63. The van der Waals surface area contributed by atoms with Crippen molar-refractivity contribution in [1.82, 2.24) is 9.97 Å². The highest BCUT2D eigenvalue weighted by Crippen LogP contribution is 2.37. The largest absolute Gasteiger partial charge is 0.437 e. The summed E-state index contributed by atoms with van der Waals surface area (Å²) in [5.74, 6) is -2.12. The zero-order valence-corrected chi connectivity index (χ0v) is 14.5. The van der Waals surface area contributed by atoms with Crippen LogP contribution in [0.5, 0.6) is 0 Å². The number of benzene rings is 1. The molecule has 1 aromatic carbocycles. The molecule has 0 amide bonds. The van der Waals surface area contributed by atoms with E-state index in [9.17, 15) is 0 Å². The molecule has 0 aliphatic heterocycles. The molecule has 0 saturated heterocycles. The number of hydrogen-bond donors (Lipinski definition) is 0. The molecule has 3 heteroatoms. The lowest BCUT2D eigenvalue weighted by Gasteiger charge is -2.20. The van der Waals surface area contributed by atoms with Crippen LogP contribution in [0.2, 0.25) is 0 Å². The summed E-state index contributed by atoms with van der Waals surface area (Å²) < 4.78 is 48.7. The zero-order valence-electron chi connectivity index (χ0n) is 19.5. The van der Waals surface area contributed by atoms with Gasteiger partial charge in [0.05, 0.1) is 5.69 Å². The highest BCUT2D eigenvalue weighted by Gasteiger charge is 2.19. The normalized spacial score (nSPS) is 23.7. The van der Waals surface area contributed by atoms with E-state index in [-0.39, 0.29) is 24.2 Å². The smallest absolute Gasteiger partial charge is 0.227 e. The van der Waals surface area contributed by atoms with E-state index in [0.717, 1.165) is 27.6 Å². The minimum absolute atomic E-state index is 0.0592. The zero-order chi connectivity index (χ0) is 22.0. The Hall–Kier alpha value is -2.68. The summed E-state index contributed by atoms with van der Waals surface area (Å²) in [4.78, 5) is 8.96. The van der Waals surface area contributed by atoms with Crippen molar-refractivity contribution in [2.75, 3.05) is 0 Å². The Kier molecular flexibility index (Phi) is 2.67. The van der Waals surface area contributed by atoms with E-state index in [1.807, 2.05) is 37.3 Å². The van der Waals surface area contributed by atoms with Crippen molar-refractivity contribution in [3.8, 4) is 11.3 Å². The number of hydrogen-bond acceptors (Lipinski definition) is 3. The molecule has 3 nitrogen and oxygen atoms in total. The third-order valence-electron chi connectivity index (χ3n) is 4.77. The SMILES string of the molecule is [2H]C1([2H])CCCC([2H])([2H])C1([2H])c1ccc2c(n1)oc1c(-c3cc(C)ccn3)cccc12. The molecule has 0 radical (unpaired) electrons. The van der Waals surface area contributed by atoms with Gasteiger partial charge >= 0.3 is 0 Å². The number of aromatic nitrogens is 2. The van der Waals surface area contributed by atoms with E-state index in [0.29, 0.717) is 12.0 Å². The van der Waals surface area contributed by atoms with Gasteiger partial charge in [-0.25, -0.2) is 4.98 Å². The van der Waals surface area contributed by atoms with Gasteiger partial charge in [-0.2, -0.15) is 0 Å². The number of rotatable bonds is 2. The van der Waals surface area contributed by atoms with Crippen LogP contribution in [-0.4, -0.2) is 9.97 Å². The van der Waals surface area contributed by atoms with Gasteiger partial charge in [-0.1, -0.05) is 31.4 Å². The molecule has 0 bridgehead atoms. The Morgan fingerprint density at radius 3 is 2.81 bits per heavy atom. The van der Waals surface area contributed by atoms with Crippen LogP contribution in [0.25, 0.3) is 33.3 Å². The Labute approximate surface area is 160 Å². The molecular weight excluding hydrogens is 320 g/mol. The maximum atomic E-state index is 8.91. The van der Waals surface area contributed by atoms with Crippen molar-refractivity contribution in [2.24, 2.45) is 0 Å². The average molecular weight is 347 g/mol. The van der Waals surface area contributed by atoms with Crippen molar-refractivity contribution >= 4 is 22.1 Å². The molecule has 0 N–H and O–H groups in total. The molecule has 1 saturated carbocycles. The van der Waals surface area contributed by atoms with Crippen molar-refractivity contribution < 1.29 is 11.3 Å². The first kappa shape index (κ1) is 11.1. The predicted molar refractivity (Wildman–Crippen MR) is 105 cm³/mol. The Balaban J connectivity index is 1.73. The summed E-state index contributed by atoms with van der Waals surface area (Å²) in [6.45, 7) is 2.00. The minimum atomic E-state index is -2.12. The second-order valence-electron chi connectivity index (χ2n) is 6.63. The van der Waals surface area contributed by atoms with Crippen LogP contribution in [0.1, 0.15) is 56.0 Å². The first-order chi connectivity index (χ1) is 14.6. The van der Waals surface area contributed by atoms with Gasteiger partial charge in [0.25, 0.3) is 0 Å². The number of furan rings is 1. The van der Waals surface area contributed by atoms with E-state index in [2.05, 4.69) is 9.97 Å². The molecular formula is C23H22N2O. The van der Waals surface area contributed by atoms with Gasteiger partial charge in [0, 0.05) is 41.0 Å². The van der Waals surface area contributed by atoms with Gasteiger partial charge in [0.15, 0.2) is 0 Å². The van der Waals surface area contributed by atoms with E-state index in [1.54, 1.807) is 18.3 Å². The Morgan fingerprint density at radius 1 is 1.08 bits per heavy atom. The molecule has 3 heterocycles. The average Bonchev–Trinajstić information content (AvgIpc) is 3.09. The maximum absolute atomic E-state index is 8.91. The van der Waals surface area contributed by atoms with Gasteiger partial charge < -0.3 is 4.42 Å². The van der Waals surface area contributed by atoms with Crippen LogP contribution in [-0.2, 0) is 0 Å². The van der Waals surface area contributed by atoms with Gasteiger partial charge in [-0.05, 0) is 55.6 Å². The summed E-state index contributed by atoms with van der Waals surface area (Å²) in [5.41, 5.74) is 3.64. The molecule has 1 fully saturated rings. The topological polar surface area (TPSA) is 38.9 Å². The van der Waals surface area contributed by atoms with Crippen LogP contribution in [0.15, 0.2) is 53.1 Å². The third-order valence-corrected chi connectivity index (χ3v) is 4.77. The van der Waals surface area contributed by atoms with E-state index in [4.69, 9.17) is 11.3 Å². The summed E-state index contributed by atoms with van der Waals surface area (Å²) in [5, 5.41) is 1.59. The molecule has 130 valence electrons. The number of fused-ring (bicyclic) bond motifs is 3. The summed E-state index contributed by atoms with van der Waals surface area (Å²) in [6.07, 6.45) is -1.69. The molecule has 4 aromatic rings. The van der Waals surface area contributed by atoms with Gasteiger partial charge in [0.1, 0.15) is 5.58 Å². The van der Waals surface area contributed by atoms with Crippen molar-refractivity contribution in [1.29, 1.82) is 0 Å². The maximum Gasteiger partial charge on any atom is 0.227 e. The number of pyridine rings is 2. The number of para-hydroxylation sites is 1. The molecule has 0 unspecified atom stereocenters. The highest BCUT2D eigenvalue weighted by molar-refractivity contribution is 6.08. The lowest BCUT2D eigenvalue weighted by Crippen LogP contribution is -2.06. The van der Waals surface area contributed by atoms with E-state index in [1.165, 1.54) is 0 Å². The minimum Gasteiger partial charge on any atom is -0.437 e. The van der Waals surface area contributed by atoms with E-state index < -0.39 is 18.6 Å². The monoisotopic (exact) mass is 347 g/mol. The quantitative estimate of drug-likeness (QED) is 0.421. The van der Waals surface area contributed by atoms with Gasteiger partial charge in [-0.15, -0.1) is 0 Å². The first-order valence-electron chi connectivity index (χ1n) is 11.4. The van der Waals surface area contributed by atoms with Crippen LogP contribution < -0.4 is 0 Å². The molecule has 26 heavy (non-hydrogen) atoms. The second kappa shape index (κ2) is 6.24. The highest BCUT2D eigenvalue weighted by atomic mass is 16.3. The standard InChI is InChI=1S/C23H22N2O/c1-15-12-13-24-21(14-15)19-9-5-8-17-18-10-11-20(16-6-3-2-4-7-16)25-23(18)26-22(17)19/h5,8-14,16H,2-4,6-7H2,1H3/i6D2,7D2,16D. The number of aryl methyl sites for hydroxylation is 1. The summed E-state index contributed by atoms with van der Waals surface area (Å²) in [7, 11) is 0. The summed E-state index contributed by atoms with van der Waals surface area (Å²) >= 11 is 0. The van der Waals surface area contributed by atoms with Crippen LogP contribution in [0, 0.1) is 6.92 Å². The molecule has 0 atom stereocenters. The fourth-order valence-electron chi connectivity index (χ4n) is 3.46. The predicted octanol–water partition coefficient (Wildman–Crippen LogP) is 6.40. The molecule has 5 rings (SSSR count). The third kappa shape index (κ3) is 2.59. The van der Waals surface area contributed by atoms with Gasteiger partial charge in [-0.3, -0.25) is 4.98 Å². The fraction of sp³-hybridized carbons (Fsp3) is 0.304. The van der Waals surface area contributed by atoms with Crippen molar-refractivity contribution in [3.63, 3.8) is 0 Å². The van der Waals surface area contributed by atoms with Crippen LogP contribution >= 0.6 is 0 Å². The molecule has 0 spiro atoms. The lowest BCUT2D eigenvalue weighted by molar-refractivity contribution is 0.436. The van der Waals surface area contributed by atoms with Crippen LogP contribution in [0.3, 0.4) is 0 Å². The lowest BCUT2D eigenvalue weighted by atomic mass is 9.86. The molecule has 3 aromatic heterocycles. The number of nitrogens with zero attached hydrogens (tertiary/aromatic N) is 2. The Morgan fingerprint density at radius 2 is 1.96 bits per heavy atom. The molecule has 1 aliphatic carbocycles. The van der Waals surface area contributed by atoms with Crippen LogP contribution in [0.4, 0.5) is 0 Å². The first-order valence-corrected chi connectivity index (χ1v) is 8.90. The Bertz CT molecular complexity index is 1300. The molecule has 1 aliphatic rings. The fourth-order valence-corrected chi connectivity index (χ4v) is 3.46. The van der Waals surface area contributed by atoms with Crippen molar-refractivity contribution in [3.05, 3.63) is 59.9 Å². The van der Waals surface area contributed by atoms with E-state index >= 15 is 0 Å². The summed E-state index contributed by atoms with van der Waals surface area (Å²) in [6, 6.07) is 13.0. The van der Waals surface area contributed by atoms with Crippen molar-refractivity contribution in [2.45, 2.75) is 44.8 Å².